The fourth-order valence-corrected chi connectivity index (χ4v) is 8.70. The molecule has 0 unspecified atom stereocenters. The number of benzene rings is 8. The maximum Gasteiger partial charge on any atom is 0.213 e. The highest BCUT2D eigenvalue weighted by molar-refractivity contribution is 6.22. The van der Waals surface area contributed by atoms with E-state index < -0.39 is 0 Å². The zero-order valence-electron chi connectivity index (χ0n) is 29.0. The Bertz CT molecular complexity index is 3380. The van der Waals surface area contributed by atoms with Crippen molar-refractivity contribution in [2.45, 2.75) is 0 Å². The summed E-state index contributed by atoms with van der Waals surface area (Å²) in [4.78, 5) is 0. The molecule has 4 aromatic heterocycles. The third-order valence-electron chi connectivity index (χ3n) is 11.1. The molecule has 12 rings (SSSR count). The topological polar surface area (TPSA) is 36.1 Å². The van der Waals surface area contributed by atoms with Crippen LogP contribution in [0.3, 0.4) is 0 Å². The average Bonchev–Trinajstić information content (AvgIpc) is 3.98. The maximum atomic E-state index is 6.89. The Kier molecular flexibility index (Phi) is 6.02. The van der Waals surface area contributed by atoms with Gasteiger partial charge in [0.15, 0.2) is 0 Å². The van der Waals surface area contributed by atoms with E-state index in [1.165, 1.54) is 27.2 Å². The summed E-state index contributed by atoms with van der Waals surface area (Å²) in [6, 6.07) is 64.6. The second-order valence-corrected chi connectivity index (χ2v) is 14.1. The molecule has 54 heavy (non-hydrogen) atoms. The van der Waals surface area contributed by atoms with Crippen LogP contribution in [0.1, 0.15) is 0 Å². The van der Waals surface area contributed by atoms with Crippen LogP contribution in [0.5, 0.6) is 0 Å². The molecule has 0 aliphatic carbocycles. The van der Waals surface area contributed by atoms with Gasteiger partial charge in [0.05, 0.1) is 21.9 Å². The molecule has 0 bridgehead atoms. The van der Waals surface area contributed by atoms with Crippen molar-refractivity contribution >= 4 is 76.7 Å². The van der Waals surface area contributed by atoms with Crippen LogP contribution in [0.2, 0.25) is 0 Å². The molecule has 0 fully saturated rings. The van der Waals surface area contributed by atoms with Crippen LogP contribution in [0.4, 0.5) is 0 Å². The molecule has 4 heteroatoms. The van der Waals surface area contributed by atoms with Gasteiger partial charge < -0.3 is 13.4 Å². The molecule has 0 amide bonds. The predicted octanol–water partition coefficient (Wildman–Crippen LogP) is 13.9. The van der Waals surface area contributed by atoms with E-state index in [2.05, 4.69) is 185 Å². The monoisotopic (exact) mass is 690 g/mol. The third-order valence-corrected chi connectivity index (χ3v) is 11.1. The van der Waals surface area contributed by atoms with Gasteiger partial charge in [0.25, 0.3) is 0 Å². The van der Waals surface area contributed by atoms with Crippen LogP contribution in [-0.4, -0.2) is 9.13 Å². The Hall–Kier alpha value is -7.30. The van der Waals surface area contributed by atoms with Gasteiger partial charge in [0.2, 0.25) is 5.71 Å². The zero-order chi connectivity index (χ0) is 35.3. The SMILES string of the molecule is c1ccc(-n2c3ccccc3c3c4cccc(-c5ccc6oc7ccc(-c8ccc(-n9c%10ccccc%10c%10ccccc%109)cc8)cc7c6c5)c4oc32)cc1. The molecule has 252 valence electrons. The van der Waals surface area contributed by atoms with Crippen molar-refractivity contribution in [1.82, 2.24) is 9.13 Å². The number of hydrogen-bond donors (Lipinski definition) is 0. The molecule has 12 aromatic rings. The Morgan fingerprint density at radius 3 is 1.57 bits per heavy atom. The van der Waals surface area contributed by atoms with E-state index in [4.69, 9.17) is 8.83 Å². The average molecular weight is 691 g/mol. The molecule has 0 N–H and O–H groups in total. The van der Waals surface area contributed by atoms with Crippen molar-refractivity contribution in [2.24, 2.45) is 0 Å². The molecule has 4 heterocycles. The summed E-state index contributed by atoms with van der Waals surface area (Å²) in [5.74, 6) is 0. The van der Waals surface area contributed by atoms with Crippen LogP contribution in [0.15, 0.2) is 191 Å². The van der Waals surface area contributed by atoms with E-state index in [1.807, 2.05) is 6.07 Å². The number of furan rings is 2. The van der Waals surface area contributed by atoms with Crippen molar-refractivity contribution < 1.29 is 8.83 Å². The lowest BCUT2D eigenvalue weighted by molar-refractivity contribution is 0.646. The van der Waals surface area contributed by atoms with Crippen molar-refractivity contribution in [1.29, 1.82) is 0 Å². The van der Waals surface area contributed by atoms with Crippen molar-refractivity contribution in [2.75, 3.05) is 0 Å². The smallest absolute Gasteiger partial charge is 0.213 e. The molecule has 0 radical (unpaired) electrons. The van der Waals surface area contributed by atoms with E-state index in [0.717, 1.165) is 83.2 Å². The number of nitrogens with zero attached hydrogens (tertiary/aromatic N) is 2. The first-order valence-corrected chi connectivity index (χ1v) is 18.3. The van der Waals surface area contributed by atoms with Gasteiger partial charge in [-0.05, 0) is 83.4 Å². The molecular weight excluding hydrogens is 661 g/mol. The first-order valence-electron chi connectivity index (χ1n) is 18.3. The predicted molar refractivity (Wildman–Crippen MR) is 223 cm³/mol. The van der Waals surface area contributed by atoms with Crippen LogP contribution in [-0.2, 0) is 0 Å². The molecule has 0 spiro atoms. The van der Waals surface area contributed by atoms with Gasteiger partial charge in [0, 0.05) is 49.3 Å². The molecule has 4 nitrogen and oxygen atoms in total. The largest absolute Gasteiger partial charge is 0.456 e. The molecule has 0 aliphatic rings. The first kappa shape index (κ1) is 29.3. The van der Waals surface area contributed by atoms with Gasteiger partial charge in [-0.1, -0.05) is 115 Å². The molecule has 0 aliphatic heterocycles. The van der Waals surface area contributed by atoms with E-state index in [1.54, 1.807) is 0 Å². The summed E-state index contributed by atoms with van der Waals surface area (Å²) < 4.78 is 17.9. The van der Waals surface area contributed by atoms with Crippen molar-refractivity contribution in [3.63, 3.8) is 0 Å². The summed E-state index contributed by atoms with van der Waals surface area (Å²) >= 11 is 0. The summed E-state index contributed by atoms with van der Waals surface area (Å²) in [6.45, 7) is 0. The second kappa shape index (κ2) is 11.1. The van der Waals surface area contributed by atoms with Crippen LogP contribution in [0, 0.1) is 0 Å². The van der Waals surface area contributed by atoms with Gasteiger partial charge in [0.1, 0.15) is 16.7 Å². The lowest BCUT2D eigenvalue weighted by atomic mass is 9.99. The van der Waals surface area contributed by atoms with Gasteiger partial charge in [-0.2, -0.15) is 0 Å². The zero-order valence-corrected chi connectivity index (χ0v) is 29.0. The summed E-state index contributed by atoms with van der Waals surface area (Å²) in [7, 11) is 0. The van der Waals surface area contributed by atoms with Gasteiger partial charge >= 0.3 is 0 Å². The van der Waals surface area contributed by atoms with Crippen molar-refractivity contribution in [3.8, 4) is 33.6 Å². The first-order chi connectivity index (χ1) is 26.8. The highest BCUT2D eigenvalue weighted by Crippen LogP contribution is 2.43. The molecule has 8 aromatic carbocycles. The number of rotatable bonds is 4. The number of hydrogen-bond acceptors (Lipinski definition) is 2. The van der Waals surface area contributed by atoms with E-state index in [9.17, 15) is 0 Å². The maximum absolute atomic E-state index is 6.89. The minimum Gasteiger partial charge on any atom is -0.456 e. The summed E-state index contributed by atoms with van der Waals surface area (Å²) in [5.41, 5.74) is 13.7. The minimum absolute atomic E-state index is 0.855. The number of aromatic nitrogens is 2. The van der Waals surface area contributed by atoms with Crippen molar-refractivity contribution in [3.05, 3.63) is 182 Å². The second-order valence-electron chi connectivity index (χ2n) is 14.1. The summed E-state index contributed by atoms with van der Waals surface area (Å²) in [5, 5.41) is 8.13. The van der Waals surface area contributed by atoms with Gasteiger partial charge in [-0.15, -0.1) is 0 Å². The number of fused-ring (bicyclic) bond motifs is 11. The Morgan fingerprint density at radius 1 is 0.333 bits per heavy atom. The normalized spacial score (nSPS) is 12.1. The van der Waals surface area contributed by atoms with Gasteiger partial charge in [-0.3, -0.25) is 4.57 Å². The van der Waals surface area contributed by atoms with Crippen LogP contribution in [0.25, 0.3) is 110 Å². The van der Waals surface area contributed by atoms with Crippen LogP contribution < -0.4 is 0 Å². The fraction of sp³-hybridized carbons (Fsp3) is 0. The summed E-state index contributed by atoms with van der Waals surface area (Å²) in [6.07, 6.45) is 0. The molecule has 0 saturated heterocycles. The van der Waals surface area contributed by atoms with E-state index in [0.29, 0.717) is 0 Å². The van der Waals surface area contributed by atoms with Gasteiger partial charge in [-0.25, -0.2) is 0 Å². The third kappa shape index (κ3) is 4.13. The van der Waals surface area contributed by atoms with E-state index >= 15 is 0 Å². The van der Waals surface area contributed by atoms with E-state index in [-0.39, 0.29) is 0 Å². The molecule has 0 saturated carbocycles. The highest BCUT2D eigenvalue weighted by atomic mass is 16.3. The molecular formula is C50H30N2O2. The highest BCUT2D eigenvalue weighted by Gasteiger charge is 2.21. The lowest BCUT2D eigenvalue weighted by Crippen LogP contribution is -1.93. The van der Waals surface area contributed by atoms with Crippen LogP contribution >= 0.6 is 0 Å². The minimum atomic E-state index is 0.855. The lowest BCUT2D eigenvalue weighted by Gasteiger charge is -2.09. The number of para-hydroxylation sites is 5. The fourth-order valence-electron chi connectivity index (χ4n) is 8.70. The Labute approximate surface area is 309 Å². The quantitative estimate of drug-likeness (QED) is 0.184. The Morgan fingerprint density at radius 2 is 0.870 bits per heavy atom. The standard InChI is InChI=1S/C50H30N2O2/c1-2-11-34(12-3-1)52-45-20-9-6-15-39(45)48-40-17-10-16-36(49(40)54-50(48)52)33-24-28-47-42(30-33)41-29-32(23-27-46(41)53-47)31-21-25-35(26-22-31)51-43-18-7-4-13-37(43)38-14-5-8-19-44(38)51/h1-30H. The molecule has 0 atom stereocenters. The Balaban J connectivity index is 0.978.